The van der Waals surface area contributed by atoms with Gasteiger partial charge in [0, 0.05) is 48.7 Å². The van der Waals surface area contributed by atoms with Crippen molar-refractivity contribution in [3.05, 3.63) is 88.7 Å². The first-order valence-corrected chi connectivity index (χ1v) is 14.4. The second-order valence-electron chi connectivity index (χ2n) is 11.4. The standard InChI is InChI=1S/C33H37N5O3/c1-37-10-11-38(33(37)34)19-21-12-24(14-25(13-21)32-28-6-4-5-7-30(28)35-20-36-32)31(39)18-29(22-8-9-22)23-15-26(40-2)17-27(16-23)41-3/h10-17,20,22,29,34H,4-9,18-19H2,1-3H3. The molecule has 0 amide bonds. The molecule has 2 aromatic carbocycles. The van der Waals surface area contributed by atoms with Crippen LogP contribution in [0.15, 0.2) is 55.1 Å². The van der Waals surface area contributed by atoms with Crippen molar-refractivity contribution in [1.82, 2.24) is 19.1 Å². The van der Waals surface area contributed by atoms with Gasteiger partial charge in [-0.15, -0.1) is 0 Å². The maximum Gasteiger partial charge on any atom is 0.202 e. The quantitative estimate of drug-likeness (QED) is 0.264. The average molecular weight is 552 g/mol. The second-order valence-corrected chi connectivity index (χ2v) is 11.4. The van der Waals surface area contributed by atoms with Gasteiger partial charge in [-0.2, -0.15) is 0 Å². The van der Waals surface area contributed by atoms with Crippen molar-refractivity contribution in [1.29, 1.82) is 5.41 Å². The Morgan fingerprint density at radius 3 is 2.44 bits per heavy atom. The number of ether oxygens (including phenoxy) is 2. The molecule has 1 N–H and O–H groups in total. The molecule has 8 nitrogen and oxygen atoms in total. The molecule has 1 fully saturated rings. The third-order valence-corrected chi connectivity index (χ3v) is 8.54. The molecule has 2 heterocycles. The highest BCUT2D eigenvalue weighted by Gasteiger charge is 2.34. The molecule has 6 rings (SSSR count). The minimum Gasteiger partial charge on any atom is -0.497 e. The highest BCUT2D eigenvalue weighted by atomic mass is 16.5. The van der Waals surface area contributed by atoms with E-state index in [1.807, 2.05) is 54.3 Å². The monoisotopic (exact) mass is 551 g/mol. The van der Waals surface area contributed by atoms with Gasteiger partial charge in [0.25, 0.3) is 0 Å². The third kappa shape index (κ3) is 5.69. The SMILES string of the molecule is COc1cc(OC)cc(C(CC(=O)c2cc(Cn3ccn(C)c3=N)cc(-c3ncnc4c3CCCC4)c2)C2CC2)c1. The summed E-state index contributed by atoms with van der Waals surface area (Å²) in [6, 6.07) is 12.1. The van der Waals surface area contributed by atoms with Crippen LogP contribution >= 0.6 is 0 Å². The highest BCUT2D eigenvalue weighted by Crippen LogP contribution is 2.46. The molecule has 0 saturated heterocycles. The maximum absolute atomic E-state index is 14.1. The van der Waals surface area contributed by atoms with Gasteiger partial charge in [-0.25, -0.2) is 9.97 Å². The predicted molar refractivity (Wildman–Crippen MR) is 156 cm³/mol. The number of fused-ring (bicyclic) bond motifs is 1. The van der Waals surface area contributed by atoms with Gasteiger partial charge in [0.05, 0.1) is 26.5 Å². The number of hydrogen-bond acceptors (Lipinski definition) is 6. The smallest absolute Gasteiger partial charge is 0.202 e. The zero-order valence-electron chi connectivity index (χ0n) is 24.0. The molecule has 0 spiro atoms. The van der Waals surface area contributed by atoms with Crippen LogP contribution in [0.3, 0.4) is 0 Å². The predicted octanol–water partition coefficient (Wildman–Crippen LogP) is 5.47. The van der Waals surface area contributed by atoms with Crippen molar-refractivity contribution in [2.24, 2.45) is 13.0 Å². The lowest BCUT2D eigenvalue weighted by Gasteiger charge is -2.20. The van der Waals surface area contributed by atoms with Crippen LogP contribution in [-0.2, 0) is 26.4 Å². The minimum absolute atomic E-state index is 0.0914. The summed E-state index contributed by atoms with van der Waals surface area (Å²) >= 11 is 0. The van der Waals surface area contributed by atoms with Crippen molar-refractivity contribution >= 4 is 5.78 Å². The van der Waals surface area contributed by atoms with E-state index in [2.05, 4.69) is 11.1 Å². The number of rotatable bonds is 10. The fourth-order valence-electron chi connectivity index (χ4n) is 6.12. The van der Waals surface area contributed by atoms with Crippen molar-refractivity contribution in [2.45, 2.75) is 57.4 Å². The van der Waals surface area contributed by atoms with Gasteiger partial charge in [-0.1, -0.05) is 0 Å². The van der Waals surface area contributed by atoms with E-state index in [0.717, 1.165) is 78.1 Å². The van der Waals surface area contributed by atoms with E-state index in [9.17, 15) is 4.79 Å². The van der Waals surface area contributed by atoms with Gasteiger partial charge in [-0.3, -0.25) is 10.2 Å². The van der Waals surface area contributed by atoms with Gasteiger partial charge in [-0.05, 0) is 97.4 Å². The Labute approximate surface area is 240 Å². The Balaban J connectivity index is 1.39. The highest BCUT2D eigenvalue weighted by molar-refractivity contribution is 5.98. The molecule has 8 heteroatoms. The van der Waals surface area contributed by atoms with E-state index in [1.54, 1.807) is 25.1 Å². The van der Waals surface area contributed by atoms with Crippen molar-refractivity contribution in [3.8, 4) is 22.8 Å². The molecular weight excluding hydrogens is 514 g/mol. The molecule has 41 heavy (non-hydrogen) atoms. The number of Topliss-reactive ketones (excluding diaryl/α,β-unsaturated/α-hetero) is 1. The number of methoxy groups -OCH3 is 2. The summed E-state index contributed by atoms with van der Waals surface area (Å²) in [6.07, 6.45) is 12.3. The molecule has 0 radical (unpaired) electrons. The molecule has 4 aromatic rings. The second kappa shape index (κ2) is 11.4. The first kappa shape index (κ1) is 27.0. The van der Waals surface area contributed by atoms with Gasteiger partial charge < -0.3 is 18.6 Å². The summed E-state index contributed by atoms with van der Waals surface area (Å²) in [5.74, 6) is 2.15. The number of aromatic nitrogens is 4. The third-order valence-electron chi connectivity index (χ3n) is 8.54. The van der Waals surface area contributed by atoms with Crippen LogP contribution in [0.1, 0.15) is 70.8 Å². The number of nitrogens with one attached hydrogen (secondary N) is 1. The molecule has 2 aliphatic carbocycles. The van der Waals surface area contributed by atoms with E-state index in [4.69, 9.17) is 19.9 Å². The molecule has 212 valence electrons. The van der Waals surface area contributed by atoms with Crippen molar-refractivity contribution in [2.75, 3.05) is 14.2 Å². The fourth-order valence-corrected chi connectivity index (χ4v) is 6.12. The number of hydrogen-bond donors (Lipinski definition) is 1. The first-order chi connectivity index (χ1) is 19.9. The van der Waals surface area contributed by atoms with Crippen LogP contribution in [0.5, 0.6) is 11.5 Å². The molecule has 1 atom stereocenters. The summed E-state index contributed by atoms with van der Waals surface area (Å²) in [5, 5.41) is 8.43. The maximum atomic E-state index is 14.1. The van der Waals surface area contributed by atoms with E-state index in [0.29, 0.717) is 30.1 Å². The van der Waals surface area contributed by atoms with E-state index in [1.165, 1.54) is 5.56 Å². The summed E-state index contributed by atoms with van der Waals surface area (Å²) in [7, 11) is 5.17. The topological polar surface area (TPSA) is 95.0 Å². The summed E-state index contributed by atoms with van der Waals surface area (Å²) in [5.41, 5.74) is 7.33. The van der Waals surface area contributed by atoms with Crippen molar-refractivity contribution in [3.63, 3.8) is 0 Å². The van der Waals surface area contributed by atoms with Gasteiger partial charge >= 0.3 is 0 Å². The molecule has 1 unspecified atom stereocenters. The zero-order valence-corrected chi connectivity index (χ0v) is 24.0. The van der Waals surface area contributed by atoms with Crippen LogP contribution in [0, 0.1) is 11.3 Å². The molecule has 2 aromatic heterocycles. The van der Waals surface area contributed by atoms with Crippen molar-refractivity contribution < 1.29 is 14.3 Å². The molecule has 2 aliphatic rings. The number of carbonyl (C=O) groups excluding carboxylic acids is 1. The summed E-state index contributed by atoms with van der Waals surface area (Å²) < 4.78 is 14.7. The Kier molecular flexibility index (Phi) is 7.47. The van der Waals surface area contributed by atoms with Gasteiger partial charge in [0.15, 0.2) is 5.78 Å². The molecule has 0 aliphatic heterocycles. The molecule has 0 bridgehead atoms. The number of imidazole rings is 1. The van der Waals surface area contributed by atoms with Crippen LogP contribution in [0.25, 0.3) is 11.3 Å². The lowest BCUT2D eigenvalue weighted by Crippen LogP contribution is -2.22. The largest absolute Gasteiger partial charge is 0.497 e. The van der Waals surface area contributed by atoms with Gasteiger partial charge in [0.2, 0.25) is 5.62 Å². The number of nitrogens with zero attached hydrogens (tertiary/aromatic N) is 4. The molecule has 1 saturated carbocycles. The summed E-state index contributed by atoms with van der Waals surface area (Å²) in [4.78, 5) is 23.4. The lowest BCUT2D eigenvalue weighted by atomic mass is 9.86. The van der Waals surface area contributed by atoms with Gasteiger partial charge in [0.1, 0.15) is 17.8 Å². The normalized spacial score (nSPS) is 15.3. The van der Waals surface area contributed by atoms with E-state index >= 15 is 0 Å². The van der Waals surface area contributed by atoms with E-state index < -0.39 is 0 Å². The minimum atomic E-state index is 0.0914. The van der Waals surface area contributed by atoms with Crippen LogP contribution < -0.4 is 15.1 Å². The molecular formula is C33H37N5O3. The van der Waals surface area contributed by atoms with Crippen LogP contribution in [-0.4, -0.2) is 39.1 Å². The summed E-state index contributed by atoms with van der Waals surface area (Å²) in [6.45, 7) is 0.500. The van der Waals surface area contributed by atoms with E-state index in [-0.39, 0.29) is 11.7 Å². The Morgan fingerprint density at radius 2 is 1.76 bits per heavy atom. The fraction of sp³-hybridized carbons (Fsp3) is 0.394. The first-order valence-electron chi connectivity index (χ1n) is 14.4. The van der Waals surface area contributed by atoms with Crippen LogP contribution in [0.4, 0.5) is 0 Å². The van der Waals surface area contributed by atoms with Crippen LogP contribution in [0.2, 0.25) is 0 Å². The number of carbonyl (C=O) groups is 1. The number of benzene rings is 2. The lowest BCUT2D eigenvalue weighted by molar-refractivity contribution is 0.0970. The Morgan fingerprint density at radius 1 is 1.00 bits per heavy atom. The number of aryl methyl sites for hydroxylation is 2. The Hall–Kier alpha value is -4.20. The zero-order chi connectivity index (χ0) is 28.5. The average Bonchev–Trinajstić information content (AvgIpc) is 3.81. The number of ketones is 1. The Bertz CT molecular complexity index is 1630.